The first-order valence-electron chi connectivity index (χ1n) is 5.74. The zero-order valence-electron chi connectivity index (χ0n) is 9.77. The summed E-state index contributed by atoms with van der Waals surface area (Å²) in [5.41, 5.74) is 0. The van der Waals surface area contributed by atoms with Crippen LogP contribution in [0.1, 0.15) is 46.0 Å². The Morgan fingerprint density at radius 3 is 2.07 bits per heavy atom. The molecule has 0 saturated heterocycles. The molecule has 0 aromatic heterocycles. The van der Waals surface area contributed by atoms with Gasteiger partial charge in [0.05, 0.1) is 0 Å². The maximum absolute atomic E-state index is 11.2. The zero-order valence-corrected chi connectivity index (χ0v) is 9.77. The summed E-state index contributed by atoms with van der Waals surface area (Å²) in [5, 5.41) is 5.52. The highest BCUT2D eigenvalue weighted by Gasteiger charge is 2.03. The smallest absolute Gasteiger partial charge is 0.220 e. The summed E-state index contributed by atoms with van der Waals surface area (Å²) >= 11 is 0. The SMILES string of the molecule is CCCCNC(=O)CCCC(=O)NCC. The lowest BCUT2D eigenvalue weighted by Crippen LogP contribution is -2.25. The van der Waals surface area contributed by atoms with Crippen molar-refractivity contribution in [2.24, 2.45) is 0 Å². The average molecular weight is 214 g/mol. The van der Waals surface area contributed by atoms with Crippen molar-refractivity contribution in [3.63, 3.8) is 0 Å². The van der Waals surface area contributed by atoms with Crippen molar-refractivity contribution in [1.29, 1.82) is 0 Å². The number of carbonyl (C=O) groups is 2. The molecule has 0 aromatic carbocycles. The van der Waals surface area contributed by atoms with Crippen molar-refractivity contribution >= 4 is 11.8 Å². The third-order valence-corrected chi connectivity index (χ3v) is 2.03. The molecule has 2 amide bonds. The van der Waals surface area contributed by atoms with Crippen molar-refractivity contribution in [2.75, 3.05) is 13.1 Å². The van der Waals surface area contributed by atoms with E-state index in [9.17, 15) is 9.59 Å². The van der Waals surface area contributed by atoms with E-state index in [4.69, 9.17) is 0 Å². The van der Waals surface area contributed by atoms with Gasteiger partial charge in [-0.1, -0.05) is 13.3 Å². The molecule has 0 saturated carbocycles. The van der Waals surface area contributed by atoms with E-state index in [1.165, 1.54) is 0 Å². The third-order valence-electron chi connectivity index (χ3n) is 2.03. The monoisotopic (exact) mass is 214 g/mol. The van der Waals surface area contributed by atoms with Gasteiger partial charge in [0, 0.05) is 25.9 Å². The van der Waals surface area contributed by atoms with E-state index in [-0.39, 0.29) is 11.8 Å². The summed E-state index contributed by atoms with van der Waals surface area (Å²) in [6.45, 7) is 5.37. The topological polar surface area (TPSA) is 58.2 Å². The van der Waals surface area contributed by atoms with E-state index in [0.717, 1.165) is 19.4 Å². The van der Waals surface area contributed by atoms with Crippen LogP contribution in [-0.4, -0.2) is 24.9 Å². The van der Waals surface area contributed by atoms with Gasteiger partial charge in [-0.05, 0) is 19.8 Å². The molecule has 4 heteroatoms. The van der Waals surface area contributed by atoms with Gasteiger partial charge in [-0.15, -0.1) is 0 Å². The Bertz CT molecular complexity index is 193. The number of hydrogen-bond acceptors (Lipinski definition) is 2. The van der Waals surface area contributed by atoms with Crippen LogP contribution in [0.15, 0.2) is 0 Å². The molecule has 0 spiro atoms. The fourth-order valence-electron chi connectivity index (χ4n) is 1.19. The van der Waals surface area contributed by atoms with Gasteiger partial charge in [0.1, 0.15) is 0 Å². The molecule has 0 aliphatic carbocycles. The minimum absolute atomic E-state index is 0.0267. The van der Waals surface area contributed by atoms with Gasteiger partial charge in [-0.2, -0.15) is 0 Å². The predicted molar refractivity (Wildman–Crippen MR) is 60.5 cm³/mol. The average Bonchev–Trinajstić information content (AvgIpc) is 2.18. The molecule has 0 radical (unpaired) electrons. The Balaban J connectivity index is 3.34. The van der Waals surface area contributed by atoms with Crippen molar-refractivity contribution < 1.29 is 9.59 Å². The van der Waals surface area contributed by atoms with Crippen LogP contribution in [0.2, 0.25) is 0 Å². The van der Waals surface area contributed by atoms with Gasteiger partial charge < -0.3 is 10.6 Å². The second-order valence-electron chi connectivity index (χ2n) is 3.51. The number of carbonyl (C=O) groups excluding carboxylic acids is 2. The number of rotatable bonds is 8. The van der Waals surface area contributed by atoms with Crippen LogP contribution in [0, 0.1) is 0 Å². The molecule has 0 rings (SSSR count). The number of nitrogens with one attached hydrogen (secondary N) is 2. The summed E-state index contributed by atoms with van der Waals surface area (Å²) in [7, 11) is 0. The van der Waals surface area contributed by atoms with Crippen LogP contribution >= 0.6 is 0 Å². The van der Waals surface area contributed by atoms with Gasteiger partial charge in [-0.25, -0.2) is 0 Å². The summed E-state index contributed by atoms with van der Waals surface area (Å²) < 4.78 is 0. The standard InChI is InChI=1S/C11H22N2O2/c1-3-5-9-13-11(15)8-6-7-10(14)12-4-2/h3-9H2,1-2H3,(H,12,14)(H,13,15). The number of hydrogen-bond donors (Lipinski definition) is 2. The fraction of sp³-hybridized carbons (Fsp3) is 0.818. The van der Waals surface area contributed by atoms with E-state index in [1.54, 1.807) is 0 Å². The summed E-state index contributed by atoms with van der Waals surface area (Å²) in [6.07, 6.45) is 3.61. The van der Waals surface area contributed by atoms with E-state index in [2.05, 4.69) is 17.6 Å². The first kappa shape index (κ1) is 13.9. The molecule has 0 aromatic rings. The van der Waals surface area contributed by atoms with Gasteiger partial charge in [-0.3, -0.25) is 9.59 Å². The summed E-state index contributed by atoms with van der Waals surface area (Å²) in [5.74, 6) is 0.0756. The maximum Gasteiger partial charge on any atom is 0.220 e. The van der Waals surface area contributed by atoms with Crippen LogP contribution in [-0.2, 0) is 9.59 Å². The Morgan fingerprint density at radius 1 is 0.933 bits per heavy atom. The molecule has 0 atom stereocenters. The molecule has 0 fully saturated rings. The molecule has 0 aliphatic heterocycles. The van der Waals surface area contributed by atoms with Gasteiger partial charge in [0.15, 0.2) is 0 Å². The highest BCUT2D eigenvalue weighted by Crippen LogP contribution is 1.95. The van der Waals surface area contributed by atoms with E-state index in [1.807, 2.05) is 6.92 Å². The summed E-state index contributed by atoms with van der Waals surface area (Å²) in [4.78, 5) is 22.3. The molecule has 0 heterocycles. The van der Waals surface area contributed by atoms with Crippen LogP contribution in [0.4, 0.5) is 0 Å². The highest BCUT2D eigenvalue weighted by molar-refractivity contribution is 5.78. The fourth-order valence-corrected chi connectivity index (χ4v) is 1.19. The van der Waals surface area contributed by atoms with Crippen LogP contribution in [0.25, 0.3) is 0 Å². The Morgan fingerprint density at radius 2 is 1.53 bits per heavy atom. The first-order chi connectivity index (χ1) is 7.20. The predicted octanol–water partition coefficient (Wildman–Crippen LogP) is 1.21. The normalized spacial score (nSPS) is 9.73. The van der Waals surface area contributed by atoms with Crippen molar-refractivity contribution in [1.82, 2.24) is 10.6 Å². The highest BCUT2D eigenvalue weighted by atomic mass is 16.2. The molecule has 88 valence electrons. The van der Waals surface area contributed by atoms with Crippen LogP contribution in [0.5, 0.6) is 0 Å². The van der Waals surface area contributed by atoms with E-state index < -0.39 is 0 Å². The lowest BCUT2D eigenvalue weighted by atomic mass is 10.2. The molecular formula is C11H22N2O2. The quantitative estimate of drug-likeness (QED) is 0.597. The van der Waals surface area contributed by atoms with Gasteiger partial charge in [0.25, 0.3) is 0 Å². The minimum Gasteiger partial charge on any atom is -0.356 e. The summed E-state index contributed by atoms with van der Waals surface area (Å²) in [6, 6.07) is 0. The number of amides is 2. The van der Waals surface area contributed by atoms with Crippen LogP contribution < -0.4 is 10.6 Å². The first-order valence-corrected chi connectivity index (χ1v) is 5.74. The molecule has 0 unspecified atom stereocenters. The van der Waals surface area contributed by atoms with Gasteiger partial charge >= 0.3 is 0 Å². The lowest BCUT2D eigenvalue weighted by Gasteiger charge is -2.04. The zero-order chi connectivity index (χ0) is 11.5. The lowest BCUT2D eigenvalue weighted by molar-refractivity contribution is -0.122. The van der Waals surface area contributed by atoms with Crippen molar-refractivity contribution in [3.05, 3.63) is 0 Å². The molecule has 4 nitrogen and oxygen atoms in total. The Labute approximate surface area is 91.8 Å². The second kappa shape index (κ2) is 9.49. The Kier molecular flexibility index (Phi) is 8.82. The molecule has 15 heavy (non-hydrogen) atoms. The molecular weight excluding hydrogens is 192 g/mol. The number of unbranched alkanes of at least 4 members (excludes halogenated alkanes) is 1. The molecule has 0 bridgehead atoms. The van der Waals surface area contributed by atoms with Crippen molar-refractivity contribution in [3.8, 4) is 0 Å². The maximum atomic E-state index is 11.2. The third kappa shape index (κ3) is 9.25. The van der Waals surface area contributed by atoms with Crippen LogP contribution in [0.3, 0.4) is 0 Å². The molecule has 0 aliphatic rings. The van der Waals surface area contributed by atoms with Crippen molar-refractivity contribution in [2.45, 2.75) is 46.0 Å². The van der Waals surface area contributed by atoms with E-state index >= 15 is 0 Å². The van der Waals surface area contributed by atoms with Gasteiger partial charge in [0.2, 0.25) is 11.8 Å². The molecule has 2 N–H and O–H groups in total. The minimum atomic E-state index is 0.0267. The largest absolute Gasteiger partial charge is 0.356 e. The Hall–Kier alpha value is -1.06. The second-order valence-corrected chi connectivity index (χ2v) is 3.51. The van der Waals surface area contributed by atoms with E-state index in [0.29, 0.717) is 25.8 Å².